The van der Waals surface area contributed by atoms with Gasteiger partial charge < -0.3 is 9.30 Å². The zero-order chi connectivity index (χ0) is 19.0. The van der Waals surface area contributed by atoms with Gasteiger partial charge in [-0.05, 0) is 13.0 Å². The Kier molecular flexibility index (Phi) is 4.23. The number of benzene rings is 1. The van der Waals surface area contributed by atoms with Gasteiger partial charge in [-0.15, -0.1) is 0 Å². The van der Waals surface area contributed by atoms with Crippen LogP contribution in [-0.2, 0) is 20.5 Å². The van der Waals surface area contributed by atoms with Crippen molar-refractivity contribution in [2.45, 2.75) is 13.3 Å². The summed E-state index contributed by atoms with van der Waals surface area (Å²) in [5.74, 6) is 2.28. The predicted octanol–water partition coefficient (Wildman–Crippen LogP) is 2.31. The fraction of sp³-hybridized carbons (Fsp3) is 0.263. The van der Waals surface area contributed by atoms with Crippen molar-refractivity contribution in [3.8, 4) is 23.0 Å². The van der Waals surface area contributed by atoms with Gasteiger partial charge in [0.15, 0.2) is 11.6 Å². The van der Waals surface area contributed by atoms with Crippen molar-refractivity contribution in [2.75, 3.05) is 7.11 Å². The van der Waals surface area contributed by atoms with Crippen LogP contribution in [0.5, 0.6) is 5.75 Å². The molecule has 0 amide bonds. The summed E-state index contributed by atoms with van der Waals surface area (Å²) in [5, 5.41) is 9.02. The van der Waals surface area contributed by atoms with Gasteiger partial charge in [-0.1, -0.05) is 18.2 Å². The Morgan fingerprint density at radius 1 is 1.15 bits per heavy atom. The van der Waals surface area contributed by atoms with Crippen LogP contribution in [0.4, 0.5) is 0 Å². The van der Waals surface area contributed by atoms with E-state index in [9.17, 15) is 0 Å². The first-order valence-electron chi connectivity index (χ1n) is 8.62. The number of rotatable bonds is 5. The van der Waals surface area contributed by atoms with E-state index >= 15 is 0 Å². The van der Waals surface area contributed by atoms with Crippen LogP contribution in [0.25, 0.3) is 17.2 Å². The number of imidazole rings is 1. The normalized spacial score (nSPS) is 11.1. The molecule has 0 aliphatic carbocycles. The van der Waals surface area contributed by atoms with E-state index in [1.54, 1.807) is 24.3 Å². The first-order chi connectivity index (χ1) is 13.1. The highest BCUT2D eigenvalue weighted by Crippen LogP contribution is 2.25. The van der Waals surface area contributed by atoms with E-state index in [-0.39, 0.29) is 0 Å². The summed E-state index contributed by atoms with van der Waals surface area (Å²) in [6.07, 6.45) is 6.04. The van der Waals surface area contributed by atoms with E-state index < -0.39 is 0 Å². The minimum atomic E-state index is 0.571. The highest BCUT2D eigenvalue weighted by Gasteiger charge is 2.20. The quantitative estimate of drug-likeness (QED) is 0.544. The summed E-state index contributed by atoms with van der Waals surface area (Å²) in [5.41, 5.74) is 3.72. The van der Waals surface area contributed by atoms with Gasteiger partial charge in [0.2, 0.25) is 0 Å². The van der Waals surface area contributed by atoms with E-state index in [1.807, 2.05) is 60.7 Å². The molecule has 3 aromatic heterocycles. The fourth-order valence-corrected chi connectivity index (χ4v) is 3.17. The van der Waals surface area contributed by atoms with Crippen molar-refractivity contribution >= 4 is 0 Å². The molecule has 1 aromatic carbocycles. The molecule has 0 bridgehead atoms. The molecule has 0 aliphatic rings. The Morgan fingerprint density at radius 3 is 2.63 bits per heavy atom. The van der Waals surface area contributed by atoms with Crippen molar-refractivity contribution < 1.29 is 4.74 Å². The topological polar surface area (TPSA) is 75.6 Å². The van der Waals surface area contributed by atoms with Crippen molar-refractivity contribution in [3.63, 3.8) is 0 Å². The summed E-state index contributed by atoms with van der Waals surface area (Å²) in [4.78, 5) is 9.22. The molecule has 4 aromatic rings. The number of ether oxygens (including phenoxy) is 1. The van der Waals surface area contributed by atoms with Gasteiger partial charge in [0, 0.05) is 26.1 Å². The molecule has 0 unspecified atom stereocenters. The summed E-state index contributed by atoms with van der Waals surface area (Å²) < 4.78 is 11.0. The lowest BCUT2D eigenvalue weighted by atomic mass is 10.1. The second-order valence-electron chi connectivity index (χ2n) is 6.41. The van der Waals surface area contributed by atoms with Crippen LogP contribution in [-0.4, -0.2) is 41.2 Å². The van der Waals surface area contributed by atoms with Gasteiger partial charge in [0.05, 0.1) is 31.5 Å². The molecule has 8 nitrogen and oxygen atoms in total. The molecule has 0 fully saturated rings. The van der Waals surface area contributed by atoms with Gasteiger partial charge in [-0.2, -0.15) is 10.2 Å². The summed E-state index contributed by atoms with van der Waals surface area (Å²) in [6.45, 7) is 1.97. The maximum atomic E-state index is 5.46. The second kappa shape index (κ2) is 6.71. The van der Waals surface area contributed by atoms with Gasteiger partial charge in [-0.3, -0.25) is 4.68 Å². The smallest absolute Gasteiger partial charge is 0.181 e. The molecule has 0 saturated carbocycles. The van der Waals surface area contributed by atoms with Crippen molar-refractivity contribution in [3.05, 3.63) is 60.1 Å². The van der Waals surface area contributed by atoms with Crippen LogP contribution >= 0.6 is 0 Å². The Labute approximate surface area is 157 Å². The van der Waals surface area contributed by atoms with E-state index in [0.717, 1.165) is 34.2 Å². The SMILES string of the molecule is COc1ccccc1Cc1nc(-c2c(C)ncn2C)n(-c2cnn(C)c2)n1. The van der Waals surface area contributed by atoms with Crippen LogP contribution in [0.3, 0.4) is 0 Å². The van der Waals surface area contributed by atoms with Gasteiger partial charge in [-0.25, -0.2) is 14.6 Å². The number of methoxy groups -OCH3 is 1. The van der Waals surface area contributed by atoms with Crippen LogP contribution < -0.4 is 4.74 Å². The number of aromatic nitrogens is 7. The second-order valence-corrected chi connectivity index (χ2v) is 6.41. The summed E-state index contributed by atoms with van der Waals surface area (Å²) in [6, 6.07) is 7.91. The van der Waals surface area contributed by atoms with Crippen molar-refractivity contribution in [1.82, 2.24) is 34.1 Å². The third kappa shape index (κ3) is 3.10. The average molecular weight is 363 g/mol. The number of hydrogen-bond donors (Lipinski definition) is 0. The lowest BCUT2D eigenvalue weighted by Gasteiger charge is -2.05. The molecule has 0 N–H and O–H groups in total. The van der Waals surface area contributed by atoms with Crippen LogP contribution in [0.2, 0.25) is 0 Å². The largest absolute Gasteiger partial charge is 0.496 e. The van der Waals surface area contributed by atoms with Gasteiger partial charge in [0.1, 0.15) is 17.1 Å². The fourth-order valence-electron chi connectivity index (χ4n) is 3.17. The molecular formula is C19H21N7O. The zero-order valence-electron chi connectivity index (χ0n) is 15.8. The minimum Gasteiger partial charge on any atom is -0.496 e. The molecule has 3 heterocycles. The lowest BCUT2D eigenvalue weighted by molar-refractivity contribution is 0.410. The molecule has 4 rings (SSSR count). The van der Waals surface area contributed by atoms with Crippen LogP contribution in [0.15, 0.2) is 43.0 Å². The minimum absolute atomic E-state index is 0.571. The van der Waals surface area contributed by atoms with Gasteiger partial charge >= 0.3 is 0 Å². The Bertz CT molecular complexity index is 1070. The number of para-hydroxylation sites is 1. The molecule has 0 aliphatic heterocycles. The molecular weight excluding hydrogens is 342 g/mol. The standard InChI is InChI=1S/C19H21N7O/c1-13-18(24(2)12-20-13)19-22-17(9-14-7-5-6-8-16(14)27-4)23-26(19)15-10-21-25(3)11-15/h5-8,10-12H,9H2,1-4H3. The Hall–Kier alpha value is -3.42. The van der Waals surface area contributed by atoms with Crippen molar-refractivity contribution in [2.24, 2.45) is 14.1 Å². The molecule has 138 valence electrons. The predicted molar refractivity (Wildman–Crippen MR) is 101 cm³/mol. The third-order valence-corrected chi connectivity index (χ3v) is 4.46. The Balaban J connectivity index is 1.83. The monoisotopic (exact) mass is 363 g/mol. The lowest BCUT2D eigenvalue weighted by Crippen LogP contribution is -2.02. The average Bonchev–Trinajstić information content (AvgIpc) is 3.35. The highest BCUT2D eigenvalue weighted by atomic mass is 16.5. The molecule has 0 atom stereocenters. The number of nitrogens with zero attached hydrogens (tertiary/aromatic N) is 7. The molecule has 27 heavy (non-hydrogen) atoms. The van der Waals surface area contributed by atoms with E-state index in [1.165, 1.54) is 0 Å². The van der Waals surface area contributed by atoms with E-state index in [4.69, 9.17) is 14.8 Å². The third-order valence-electron chi connectivity index (χ3n) is 4.46. The first-order valence-corrected chi connectivity index (χ1v) is 8.62. The maximum Gasteiger partial charge on any atom is 0.181 e. The summed E-state index contributed by atoms with van der Waals surface area (Å²) >= 11 is 0. The van der Waals surface area contributed by atoms with E-state index in [0.29, 0.717) is 12.2 Å². The van der Waals surface area contributed by atoms with Gasteiger partial charge in [0.25, 0.3) is 0 Å². The van der Waals surface area contributed by atoms with Crippen LogP contribution in [0, 0.1) is 6.92 Å². The maximum absolute atomic E-state index is 5.46. The molecule has 0 spiro atoms. The summed E-state index contributed by atoms with van der Waals surface area (Å²) in [7, 11) is 5.51. The van der Waals surface area contributed by atoms with Crippen LogP contribution in [0.1, 0.15) is 17.1 Å². The number of hydrogen-bond acceptors (Lipinski definition) is 5. The van der Waals surface area contributed by atoms with Crippen molar-refractivity contribution in [1.29, 1.82) is 0 Å². The molecule has 8 heteroatoms. The first kappa shape index (κ1) is 17.0. The highest BCUT2D eigenvalue weighted by molar-refractivity contribution is 5.56. The molecule has 0 saturated heterocycles. The molecule has 0 radical (unpaired) electrons. The number of aryl methyl sites for hydroxylation is 3. The zero-order valence-corrected chi connectivity index (χ0v) is 15.8. The van der Waals surface area contributed by atoms with E-state index in [2.05, 4.69) is 10.1 Å². The Morgan fingerprint density at radius 2 is 1.96 bits per heavy atom.